The molecule has 1 N–H and O–H groups in total. The average molecular weight is 424 g/mol. The van der Waals surface area contributed by atoms with Crippen LogP contribution in [0.25, 0.3) is 0 Å². The average Bonchev–Trinajstić information content (AvgIpc) is 2.79. The second-order valence-corrected chi connectivity index (χ2v) is 6.99. The Hall–Kier alpha value is -3.65. The second-order valence-electron chi connectivity index (χ2n) is 6.99. The van der Waals surface area contributed by atoms with E-state index >= 15 is 0 Å². The topological polar surface area (TPSA) is 94.2 Å². The minimum atomic E-state index is -0.729. The maximum absolute atomic E-state index is 13.1. The number of nitrogens with one attached hydrogen (secondary N) is 1. The highest BCUT2D eigenvalue weighted by molar-refractivity contribution is 6.10. The first-order valence-corrected chi connectivity index (χ1v) is 9.60. The highest BCUT2D eigenvalue weighted by atomic mass is 16.5. The van der Waals surface area contributed by atoms with Gasteiger partial charge in [-0.25, -0.2) is 9.59 Å². The van der Waals surface area contributed by atoms with Gasteiger partial charge in [-0.05, 0) is 49.2 Å². The number of esters is 2. The Morgan fingerprint density at radius 1 is 0.968 bits per heavy atom. The third-order valence-electron chi connectivity index (χ3n) is 5.04. The summed E-state index contributed by atoms with van der Waals surface area (Å²) in [5, 5.41) is 2.88. The number of carbonyl (C=O) groups excluding carboxylic acids is 3. The van der Waals surface area contributed by atoms with Gasteiger partial charge < -0.3 is 24.4 Å². The number of amides is 1. The van der Waals surface area contributed by atoms with Gasteiger partial charge in [0, 0.05) is 5.69 Å². The van der Waals surface area contributed by atoms with Crippen molar-refractivity contribution < 1.29 is 28.6 Å². The molecule has 0 saturated carbocycles. The molecule has 3 rings (SSSR count). The summed E-state index contributed by atoms with van der Waals surface area (Å²) in [6, 6.07) is 12.4. The molecule has 0 aromatic heterocycles. The number of aryl methyl sites for hydroxylation is 2. The largest absolute Gasteiger partial charge is 0.466 e. The molecule has 2 aromatic carbocycles. The Bertz CT molecular complexity index is 1060. The van der Waals surface area contributed by atoms with Crippen LogP contribution in [0.3, 0.4) is 0 Å². The van der Waals surface area contributed by atoms with E-state index in [4.69, 9.17) is 14.2 Å². The van der Waals surface area contributed by atoms with E-state index < -0.39 is 11.9 Å². The quantitative estimate of drug-likeness (QED) is 0.738. The van der Waals surface area contributed by atoms with E-state index in [1.165, 1.54) is 19.1 Å². The predicted octanol–water partition coefficient (Wildman–Crippen LogP) is 2.95. The van der Waals surface area contributed by atoms with Crippen LogP contribution in [0.5, 0.6) is 0 Å². The van der Waals surface area contributed by atoms with Crippen molar-refractivity contribution in [1.29, 1.82) is 0 Å². The van der Waals surface area contributed by atoms with Crippen LogP contribution in [-0.2, 0) is 23.8 Å². The van der Waals surface area contributed by atoms with Crippen molar-refractivity contribution in [3.05, 3.63) is 70.4 Å². The van der Waals surface area contributed by atoms with E-state index in [1.807, 2.05) is 32.0 Å². The molecular formula is C23H24N2O6. The van der Waals surface area contributed by atoms with E-state index in [9.17, 15) is 14.4 Å². The molecule has 0 bridgehead atoms. The molecule has 0 fully saturated rings. The molecule has 162 valence electrons. The van der Waals surface area contributed by atoms with Gasteiger partial charge in [0.15, 0.2) is 0 Å². The molecule has 0 spiro atoms. The number of nitrogens with zero attached hydrogens (tertiary/aromatic N) is 1. The standard InChI is InChI=1S/C23H24N2O6/c1-14-9-10-16(11-15(14)2)24-21(26)17-7-5-6-8-19(17)25-13-31-12-18(22(27)29-3)20(25)23(28)30-4/h5-11H,12-13H2,1-4H3,(H,24,26). The van der Waals surface area contributed by atoms with Gasteiger partial charge >= 0.3 is 11.9 Å². The fourth-order valence-corrected chi connectivity index (χ4v) is 3.25. The van der Waals surface area contributed by atoms with E-state index in [2.05, 4.69) is 5.32 Å². The smallest absolute Gasteiger partial charge is 0.355 e. The van der Waals surface area contributed by atoms with Crippen molar-refractivity contribution in [2.75, 3.05) is 37.8 Å². The van der Waals surface area contributed by atoms with E-state index in [1.54, 1.807) is 24.3 Å². The number of para-hydroxylation sites is 1. The second kappa shape index (κ2) is 9.44. The number of rotatable bonds is 5. The first kappa shape index (κ1) is 22.0. The summed E-state index contributed by atoms with van der Waals surface area (Å²) in [4.78, 5) is 39.3. The molecule has 1 heterocycles. The van der Waals surface area contributed by atoms with Crippen molar-refractivity contribution in [2.45, 2.75) is 13.8 Å². The number of carbonyl (C=O) groups is 3. The maximum atomic E-state index is 13.1. The summed E-state index contributed by atoms with van der Waals surface area (Å²) in [5.41, 5.74) is 3.51. The van der Waals surface area contributed by atoms with Crippen molar-refractivity contribution in [1.82, 2.24) is 0 Å². The normalized spacial score (nSPS) is 13.6. The number of anilines is 2. The molecule has 31 heavy (non-hydrogen) atoms. The molecule has 2 aromatic rings. The molecule has 0 radical (unpaired) electrons. The highest BCUT2D eigenvalue weighted by Gasteiger charge is 2.34. The lowest BCUT2D eigenvalue weighted by Crippen LogP contribution is -2.39. The zero-order chi connectivity index (χ0) is 22.5. The molecule has 8 nitrogen and oxygen atoms in total. The van der Waals surface area contributed by atoms with Crippen molar-refractivity contribution in [2.24, 2.45) is 0 Å². The molecule has 0 aliphatic carbocycles. The van der Waals surface area contributed by atoms with Crippen molar-refractivity contribution >= 4 is 29.2 Å². The summed E-state index contributed by atoms with van der Waals surface area (Å²) < 4.78 is 15.2. The van der Waals surface area contributed by atoms with Gasteiger partial charge in [-0.3, -0.25) is 4.79 Å². The Labute approximate surface area is 180 Å². The van der Waals surface area contributed by atoms with Crippen molar-refractivity contribution in [3.63, 3.8) is 0 Å². The summed E-state index contributed by atoms with van der Waals surface area (Å²) in [6.45, 7) is 3.81. The SMILES string of the molecule is COC(=O)C1=C(C(=O)OC)N(c2ccccc2C(=O)Nc2ccc(C)c(C)c2)COC1. The van der Waals surface area contributed by atoms with Gasteiger partial charge in [-0.15, -0.1) is 0 Å². The molecule has 8 heteroatoms. The minimum Gasteiger partial charge on any atom is -0.466 e. The summed E-state index contributed by atoms with van der Waals surface area (Å²) in [7, 11) is 2.43. The molecule has 1 amide bonds. The number of methoxy groups -OCH3 is 2. The van der Waals surface area contributed by atoms with Crippen LogP contribution in [0.15, 0.2) is 53.7 Å². The van der Waals surface area contributed by atoms with Gasteiger partial charge in [0.1, 0.15) is 12.4 Å². The third kappa shape index (κ3) is 4.59. The van der Waals surface area contributed by atoms with Crippen LogP contribution in [-0.4, -0.2) is 45.4 Å². The molecular weight excluding hydrogens is 400 g/mol. The molecule has 0 unspecified atom stereocenters. The molecule has 1 aliphatic rings. The van der Waals surface area contributed by atoms with Crippen LogP contribution in [0.1, 0.15) is 21.5 Å². The molecule has 0 saturated heterocycles. The first-order chi connectivity index (χ1) is 14.9. The maximum Gasteiger partial charge on any atom is 0.355 e. The Morgan fingerprint density at radius 2 is 1.68 bits per heavy atom. The van der Waals surface area contributed by atoms with Crippen LogP contribution in [0, 0.1) is 13.8 Å². The van der Waals surface area contributed by atoms with Gasteiger partial charge in [-0.1, -0.05) is 18.2 Å². The summed E-state index contributed by atoms with van der Waals surface area (Å²) in [6.07, 6.45) is 0. The summed E-state index contributed by atoms with van der Waals surface area (Å²) >= 11 is 0. The zero-order valence-corrected chi connectivity index (χ0v) is 17.9. The van der Waals surface area contributed by atoms with Gasteiger partial charge in [0.05, 0.1) is 37.7 Å². The molecule has 0 atom stereocenters. The zero-order valence-electron chi connectivity index (χ0n) is 17.9. The number of benzene rings is 2. The van der Waals surface area contributed by atoms with Crippen LogP contribution >= 0.6 is 0 Å². The van der Waals surface area contributed by atoms with Gasteiger partial charge in [0.25, 0.3) is 5.91 Å². The minimum absolute atomic E-state index is 0.0185. The number of hydrogen-bond acceptors (Lipinski definition) is 7. The fraction of sp³-hybridized carbons (Fsp3) is 0.261. The first-order valence-electron chi connectivity index (χ1n) is 9.60. The van der Waals surface area contributed by atoms with Crippen LogP contribution in [0.2, 0.25) is 0 Å². The Balaban J connectivity index is 2.03. The monoisotopic (exact) mass is 424 g/mol. The lowest BCUT2D eigenvalue weighted by Gasteiger charge is -2.32. The molecule has 1 aliphatic heterocycles. The Morgan fingerprint density at radius 3 is 2.35 bits per heavy atom. The van der Waals surface area contributed by atoms with Crippen LogP contribution in [0.4, 0.5) is 11.4 Å². The number of hydrogen-bond donors (Lipinski definition) is 1. The van der Waals surface area contributed by atoms with E-state index in [-0.39, 0.29) is 30.5 Å². The van der Waals surface area contributed by atoms with E-state index in [0.717, 1.165) is 11.1 Å². The lowest BCUT2D eigenvalue weighted by molar-refractivity contribution is -0.140. The fourth-order valence-electron chi connectivity index (χ4n) is 3.25. The third-order valence-corrected chi connectivity index (χ3v) is 5.04. The van der Waals surface area contributed by atoms with Gasteiger partial charge in [-0.2, -0.15) is 0 Å². The van der Waals surface area contributed by atoms with Crippen LogP contribution < -0.4 is 10.2 Å². The van der Waals surface area contributed by atoms with Gasteiger partial charge in [0.2, 0.25) is 0 Å². The number of ether oxygens (including phenoxy) is 3. The van der Waals surface area contributed by atoms with Crippen molar-refractivity contribution in [3.8, 4) is 0 Å². The highest BCUT2D eigenvalue weighted by Crippen LogP contribution is 2.30. The lowest BCUT2D eigenvalue weighted by atomic mass is 10.1. The predicted molar refractivity (Wildman–Crippen MR) is 115 cm³/mol. The summed E-state index contributed by atoms with van der Waals surface area (Å²) in [5.74, 6) is -1.80. The Kier molecular flexibility index (Phi) is 6.71. The van der Waals surface area contributed by atoms with E-state index in [0.29, 0.717) is 16.9 Å².